The van der Waals surface area contributed by atoms with Crippen LogP contribution in [0, 0.1) is 17.8 Å². The van der Waals surface area contributed by atoms with Crippen LogP contribution in [0.3, 0.4) is 0 Å². The number of carbonyl (C=O) groups is 3. The van der Waals surface area contributed by atoms with Gasteiger partial charge in [0.1, 0.15) is 5.78 Å². The molecular formula is C30H31NO3. The number of hydrogen-bond acceptors (Lipinski definition) is 3. The molecule has 0 saturated heterocycles. The molecule has 3 aromatic carbocycles. The number of ketones is 2. The minimum atomic E-state index is -1.21. The van der Waals surface area contributed by atoms with E-state index in [1.165, 1.54) is 0 Å². The first kappa shape index (κ1) is 23.6. The van der Waals surface area contributed by atoms with Crippen molar-refractivity contribution < 1.29 is 14.4 Å². The molecular weight excluding hydrogens is 422 g/mol. The molecule has 4 heteroatoms. The molecule has 4 atom stereocenters. The number of primary amides is 1. The topological polar surface area (TPSA) is 77.2 Å². The zero-order chi connectivity index (χ0) is 24.3. The van der Waals surface area contributed by atoms with Crippen LogP contribution in [0.25, 0.3) is 0 Å². The summed E-state index contributed by atoms with van der Waals surface area (Å²) in [5.74, 6) is -3.02. The van der Waals surface area contributed by atoms with Crippen molar-refractivity contribution >= 4 is 17.5 Å². The van der Waals surface area contributed by atoms with Crippen molar-refractivity contribution in [3.63, 3.8) is 0 Å². The Bertz CT molecular complexity index is 1160. The van der Waals surface area contributed by atoms with E-state index < -0.39 is 29.1 Å². The second-order valence-electron chi connectivity index (χ2n) is 9.55. The number of rotatable bonds is 7. The minimum absolute atomic E-state index is 0.0773. The van der Waals surface area contributed by atoms with E-state index >= 15 is 0 Å². The van der Waals surface area contributed by atoms with Crippen LogP contribution in [0.2, 0.25) is 0 Å². The lowest BCUT2D eigenvalue weighted by molar-refractivity contribution is -0.147. The van der Waals surface area contributed by atoms with Gasteiger partial charge >= 0.3 is 0 Å². The first-order valence-electron chi connectivity index (χ1n) is 11.9. The fourth-order valence-corrected chi connectivity index (χ4v) is 5.79. The van der Waals surface area contributed by atoms with Gasteiger partial charge in [0.25, 0.3) is 0 Å². The average molecular weight is 454 g/mol. The Morgan fingerprint density at radius 2 is 1.38 bits per heavy atom. The highest BCUT2D eigenvalue weighted by Gasteiger charge is 2.57. The van der Waals surface area contributed by atoms with Gasteiger partial charge in [-0.15, -0.1) is 0 Å². The van der Waals surface area contributed by atoms with E-state index in [1.807, 2.05) is 105 Å². The maximum Gasteiger partial charge on any atom is 0.229 e. The molecule has 34 heavy (non-hydrogen) atoms. The standard InChI is InChI=1S/C30H31NO3/c1-20(2)30(29(31)34,23-16-10-5-11-17-23)26-19-24(22-14-8-4-9-15-22)27(32)25(28(26)33)18-21-12-6-3-7-13-21/h3-17,20,24-26H,18-19H2,1-2H3,(H2,31,34). The Balaban J connectivity index is 1.88. The summed E-state index contributed by atoms with van der Waals surface area (Å²) in [6.07, 6.45) is 0.586. The van der Waals surface area contributed by atoms with Crippen LogP contribution < -0.4 is 5.73 Å². The normalized spacial score (nSPS) is 22.4. The highest BCUT2D eigenvalue weighted by molar-refractivity contribution is 6.11. The van der Waals surface area contributed by atoms with Crippen LogP contribution in [-0.2, 0) is 26.2 Å². The number of amides is 1. The fraction of sp³-hybridized carbons (Fsp3) is 0.300. The number of benzene rings is 3. The second-order valence-corrected chi connectivity index (χ2v) is 9.55. The lowest BCUT2D eigenvalue weighted by Gasteiger charge is -2.46. The van der Waals surface area contributed by atoms with Crippen molar-refractivity contribution in [1.29, 1.82) is 0 Å². The van der Waals surface area contributed by atoms with Crippen LogP contribution >= 0.6 is 0 Å². The first-order valence-corrected chi connectivity index (χ1v) is 11.9. The second kappa shape index (κ2) is 9.76. The molecule has 4 nitrogen and oxygen atoms in total. The smallest absolute Gasteiger partial charge is 0.229 e. The quantitative estimate of drug-likeness (QED) is 0.519. The SMILES string of the molecule is CC(C)C(C(N)=O)(c1ccccc1)C1CC(c2ccccc2)C(=O)C(Cc2ccccc2)C1=O. The van der Waals surface area contributed by atoms with E-state index in [1.54, 1.807) is 0 Å². The highest BCUT2D eigenvalue weighted by Crippen LogP contribution is 2.49. The summed E-state index contributed by atoms with van der Waals surface area (Å²) in [6, 6.07) is 28.5. The molecule has 0 heterocycles. The Kier molecular flexibility index (Phi) is 6.78. The summed E-state index contributed by atoms with van der Waals surface area (Å²) in [4.78, 5) is 41.2. The molecule has 174 valence electrons. The van der Waals surface area contributed by atoms with Gasteiger partial charge in [-0.25, -0.2) is 0 Å². The summed E-state index contributed by atoms with van der Waals surface area (Å²) in [6.45, 7) is 3.87. The molecule has 0 aliphatic heterocycles. The third-order valence-electron chi connectivity index (χ3n) is 7.45. The molecule has 1 fully saturated rings. The molecule has 0 aromatic heterocycles. The van der Waals surface area contributed by atoms with Gasteiger partial charge in [-0.2, -0.15) is 0 Å². The summed E-state index contributed by atoms with van der Waals surface area (Å²) < 4.78 is 0. The van der Waals surface area contributed by atoms with Gasteiger partial charge in [0.2, 0.25) is 5.91 Å². The molecule has 1 saturated carbocycles. The van der Waals surface area contributed by atoms with Crippen molar-refractivity contribution in [3.05, 3.63) is 108 Å². The molecule has 1 aliphatic rings. The first-order chi connectivity index (χ1) is 16.4. The molecule has 4 rings (SSSR count). The Labute approximate surface area is 201 Å². The molecule has 4 unspecified atom stereocenters. The van der Waals surface area contributed by atoms with Crippen LogP contribution in [0.5, 0.6) is 0 Å². The monoisotopic (exact) mass is 453 g/mol. The summed E-state index contributed by atoms with van der Waals surface area (Å²) in [5, 5.41) is 0. The maximum atomic E-state index is 14.1. The van der Waals surface area contributed by atoms with Crippen molar-refractivity contribution in [2.24, 2.45) is 23.5 Å². The molecule has 2 N–H and O–H groups in total. The molecule has 0 spiro atoms. The van der Waals surface area contributed by atoms with Gasteiger partial charge in [0.05, 0.1) is 11.3 Å². The predicted octanol–water partition coefficient (Wildman–Crippen LogP) is 4.87. The van der Waals surface area contributed by atoms with Crippen LogP contribution in [-0.4, -0.2) is 17.5 Å². The Morgan fingerprint density at radius 3 is 1.91 bits per heavy atom. The van der Waals surface area contributed by atoms with E-state index in [0.29, 0.717) is 6.42 Å². The van der Waals surface area contributed by atoms with Gasteiger partial charge in [0, 0.05) is 11.8 Å². The fourth-order valence-electron chi connectivity index (χ4n) is 5.79. The number of Topliss-reactive ketones (excluding diaryl/α,β-unsaturated/α-hetero) is 2. The van der Waals surface area contributed by atoms with E-state index in [2.05, 4.69) is 0 Å². The number of carbonyl (C=O) groups excluding carboxylic acids is 3. The van der Waals surface area contributed by atoms with E-state index in [0.717, 1.165) is 16.7 Å². The molecule has 1 amide bonds. The van der Waals surface area contributed by atoms with Gasteiger partial charge in [-0.1, -0.05) is 105 Å². The number of hydrogen-bond donors (Lipinski definition) is 1. The van der Waals surface area contributed by atoms with Crippen molar-refractivity contribution in [2.75, 3.05) is 0 Å². The van der Waals surface area contributed by atoms with E-state index in [4.69, 9.17) is 5.73 Å². The molecule has 0 radical (unpaired) electrons. The van der Waals surface area contributed by atoms with Crippen LogP contribution in [0.4, 0.5) is 0 Å². The lowest BCUT2D eigenvalue weighted by Crippen LogP contribution is -2.58. The van der Waals surface area contributed by atoms with Gasteiger partial charge in [0.15, 0.2) is 5.78 Å². The molecule has 0 bridgehead atoms. The van der Waals surface area contributed by atoms with E-state index in [-0.39, 0.29) is 23.9 Å². The molecule has 3 aromatic rings. The lowest BCUT2D eigenvalue weighted by atomic mass is 9.54. The molecule has 1 aliphatic carbocycles. The zero-order valence-corrected chi connectivity index (χ0v) is 19.7. The third kappa shape index (κ3) is 4.09. The van der Waals surface area contributed by atoms with Gasteiger partial charge in [-0.3, -0.25) is 14.4 Å². The van der Waals surface area contributed by atoms with Crippen LogP contribution in [0.1, 0.15) is 42.9 Å². The van der Waals surface area contributed by atoms with Gasteiger partial charge < -0.3 is 5.73 Å². The van der Waals surface area contributed by atoms with Crippen LogP contribution in [0.15, 0.2) is 91.0 Å². The summed E-state index contributed by atoms with van der Waals surface area (Å²) in [7, 11) is 0. The zero-order valence-electron chi connectivity index (χ0n) is 19.7. The maximum absolute atomic E-state index is 14.1. The predicted molar refractivity (Wildman–Crippen MR) is 133 cm³/mol. The summed E-state index contributed by atoms with van der Waals surface area (Å²) >= 11 is 0. The van der Waals surface area contributed by atoms with Crippen molar-refractivity contribution in [2.45, 2.75) is 38.0 Å². The van der Waals surface area contributed by atoms with Crippen molar-refractivity contribution in [3.8, 4) is 0 Å². The van der Waals surface area contributed by atoms with E-state index in [9.17, 15) is 14.4 Å². The minimum Gasteiger partial charge on any atom is -0.369 e. The largest absolute Gasteiger partial charge is 0.369 e. The third-order valence-corrected chi connectivity index (χ3v) is 7.45. The van der Waals surface area contributed by atoms with Crippen molar-refractivity contribution in [1.82, 2.24) is 0 Å². The highest BCUT2D eigenvalue weighted by atomic mass is 16.2. The van der Waals surface area contributed by atoms with Gasteiger partial charge in [-0.05, 0) is 35.4 Å². The Hall–Kier alpha value is -3.53. The number of nitrogens with two attached hydrogens (primary N) is 1. The summed E-state index contributed by atoms with van der Waals surface area (Å²) in [5.41, 5.74) is 7.46. The Morgan fingerprint density at radius 1 is 0.853 bits per heavy atom. The average Bonchev–Trinajstić information content (AvgIpc) is 2.85.